The van der Waals surface area contributed by atoms with Gasteiger partial charge in [0.1, 0.15) is 0 Å². The smallest absolute Gasteiger partial charge is 0.0351 e. The fourth-order valence-electron chi connectivity index (χ4n) is 1.06. The van der Waals surface area contributed by atoms with Crippen molar-refractivity contribution in [3.63, 3.8) is 0 Å². The van der Waals surface area contributed by atoms with Crippen molar-refractivity contribution in [3.8, 4) is 0 Å². The summed E-state index contributed by atoms with van der Waals surface area (Å²) in [5, 5.41) is 0. The van der Waals surface area contributed by atoms with Crippen LogP contribution in [0.15, 0.2) is 0 Å². The molecule has 0 amide bonds. The summed E-state index contributed by atoms with van der Waals surface area (Å²) in [6, 6.07) is 0.684. The molecule has 0 aromatic heterocycles. The normalized spacial score (nSPS) is 12.2. The highest BCUT2D eigenvalue weighted by Gasteiger charge is 2.07. The summed E-state index contributed by atoms with van der Waals surface area (Å²) in [5.74, 6) is 0.748. The number of rotatable bonds is 5. The summed E-state index contributed by atoms with van der Waals surface area (Å²) < 4.78 is 0. The molecule has 1 atom stereocenters. The first-order valence-corrected chi connectivity index (χ1v) is 5.59. The average molecular weight is 194 g/mol. The van der Waals surface area contributed by atoms with E-state index in [1.54, 1.807) is 0 Å². The molecular weight excluding hydrogens is 170 g/mol. The molecule has 0 radical (unpaired) electrons. The standard InChI is InChI=1S/C8H18ClN.C2H6/c1-4-8(3)10(5-2)7-6-9;1-2/h8H,4-7H2,1-3H3;1-2H3. The monoisotopic (exact) mass is 193 g/mol. The summed E-state index contributed by atoms with van der Waals surface area (Å²) in [6.45, 7) is 12.8. The second kappa shape index (κ2) is 11.2. The van der Waals surface area contributed by atoms with Crippen LogP contribution in [0.25, 0.3) is 0 Å². The molecule has 0 saturated heterocycles. The Morgan fingerprint density at radius 2 is 1.75 bits per heavy atom. The second-order valence-electron chi connectivity index (χ2n) is 2.57. The van der Waals surface area contributed by atoms with E-state index in [1.807, 2.05) is 13.8 Å². The van der Waals surface area contributed by atoms with Crippen LogP contribution < -0.4 is 0 Å². The summed E-state index contributed by atoms with van der Waals surface area (Å²) in [6.07, 6.45) is 1.21. The van der Waals surface area contributed by atoms with Crippen molar-refractivity contribution >= 4 is 11.6 Å². The first kappa shape index (κ1) is 14.8. The van der Waals surface area contributed by atoms with Crippen LogP contribution in [0.3, 0.4) is 0 Å². The Morgan fingerprint density at radius 3 is 2.00 bits per heavy atom. The quantitative estimate of drug-likeness (QED) is 0.606. The number of hydrogen-bond donors (Lipinski definition) is 0. The Bertz CT molecular complexity index is 76.2. The van der Waals surface area contributed by atoms with Crippen molar-refractivity contribution < 1.29 is 0 Å². The minimum atomic E-state index is 0.684. The van der Waals surface area contributed by atoms with Gasteiger partial charge in [-0.1, -0.05) is 27.7 Å². The van der Waals surface area contributed by atoms with Gasteiger partial charge in [-0.2, -0.15) is 0 Å². The van der Waals surface area contributed by atoms with Crippen molar-refractivity contribution in [2.45, 2.75) is 47.1 Å². The highest BCUT2D eigenvalue weighted by atomic mass is 35.5. The van der Waals surface area contributed by atoms with Crippen LogP contribution in [0.4, 0.5) is 0 Å². The van der Waals surface area contributed by atoms with Crippen LogP contribution in [0.5, 0.6) is 0 Å². The number of nitrogens with zero attached hydrogens (tertiary/aromatic N) is 1. The first-order valence-electron chi connectivity index (χ1n) is 5.06. The summed E-state index contributed by atoms with van der Waals surface area (Å²) >= 11 is 5.63. The molecule has 0 rings (SSSR count). The zero-order valence-electron chi connectivity index (χ0n) is 9.23. The van der Waals surface area contributed by atoms with E-state index in [4.69, 9.17) is 11.6 Å². The predicted octanol–water partition coefficient (Wildman–Crippen LogP) is 3.37. The minimum absolute atomic E-state index is 0.684. The van der Waals surface area contributed by atoms with Crippen molar-refractivity contribution in [2.24, 2.45) is 0 Å². The molecule has 0 aliphatic carbocycles. The highest BCUT2D eigenvalue weighted by Crippen LogP contribution is 2.02. The van der Waals surface area contributed by atoms with E-state index in [9.17, 15) is 0 Å². The predicted molar refractivity (Wildman–Crippen MR) is 59.1 cm³/mol. The van der Waals surface area contributed by atoms with Crippen molar-refractivity contribution in [1.82, 2.24) is 4.90 Å². The fourth-order valence-corrected chi connectivity index (χ4v) is 1.27. The van der Waals surface area contributed by atoms with Gasteiger partial charge in [0.25, 0.3) is 0 Å². The molecule has 0 bridgehead atoms. The summed E-state index contributed by atoms with van der Waals surface area (Å²) in [5.41, 5.74) is 0. The van der Waals surface area contributed by atoms with Gasteiger partial charge < -0.3 is 0 Å². The molecule has 0 heterocycles. The molecule has 0 saturated carbocycles. The van der Waals surface area contributed by atoms with Crippen LogP contribution >= 0.6 is 11.6 Å². The zero-order chi connectivity index (χ0) is 9.98. The van der Waals surface area contributed by atoms with Crippen LogP contribution in [0.1, 0.15) is 41.0 Å². The summed E-state index contributed by atoms with van der Waals surface area (Å²) in [4.78, 5) is 2.40. The van der Waals surface area contributed by atoms with Crippen LogP contribution in [0, 0.1) is 0 Å². The Hall–Kier alpha value is 0.250. The first-order chi connectivity index (χ1) is 5.76. The molecule has 0 N–H and O–H groups in total. The van der Waals surface area contributed by atoms with Crippen LogP contribution in [0.2, 0.25) is 0 Å². The fraction of sp³-hybridized carbons (Fsp3) is 1.00. The Balaban J connectivity index is 0. The van der Waals surface area contributed by atoms with Gasteiger partial charge in [-0.3, -0.25) is 4.90 Å². The molecule has 1 unspecified atom stereocenters. The van der Waals surface area contributed by atoms with Gasteiger partial charge in [0.15, 0.2) is 0 Å². The van der Waals surface area contributed by atoms with Gasteiger partial charge in [-0.15, -0.1) is 11.6 Å². The molecule has 0 aromatic rings. The van der Waals surface area contributed by atoms with Crippen LogP contribution in [-0.4, -0.2) is 29.9 Å². The van der Waals surface area contributed by atoms with Gasteiger partial charge in [0, 0.05) is 18.5 Å². The lowest BCUT2D eigenvalue weighted by molar-refractivity contribution is 0.228. The van der Waals surface area contributed by atoms with Crippen molar-refractivity contribution in [1.29, 1.82) is 0 Å². The number of hydrogen-bond acceptors (Lipinski definition) is 1. The molecule has 76 valence electrons. The van der Waals surface area contributed by atoms with E-state index in [-0.39, 0.29) is 0 Å². The second-order valence-corrected chi connectivity index (χ2v) is 2.95. The van der Waals surface area contributed by atoms with Gasteiger partial charge in [-0.05, 0) is 19.9 Å². The van der Waals surface area contributed by atoms with Gasteiger partial charge >= 0.3 is 0 Å². The van der Waals surface area contributed by atoms with E-state index in [1.165, 1.54) is 6.42 Å². The molecule has 12 heavy (non-hydrogen) atoms. The van der Waals surface area contributed by atoms with Crippen molar-refractivity contribution in [2.75, 3.05) is 19.0 Å². The zero-order valence-corrected chi connectivity index (χ0v) is 9.99. The highest BCUT2D eigenvalue weighted by molar-refractivity contribution is 6.18. The molecule has 0 aliphatic rings. The maximum atomic E-state index is 5.63. The number of halogens is 1. The third kappa shape index (κ3) is 6.93. The van der Waals surface area contributed by atoms with E-state index in [0.29, 0.717) is 6.04 Å². The topological polar surface area (TPSA) is 3.24 Å². The molecule has 0 aliphatic heterocycles. The van der Waals surface area contributed by atoms with Gasteiger partial charge in [0.2, 0.25) is 0 Å². The van der Waals surface area contributed by atoms with E-state index < -0.39 is 0 Å². The molecule has 2 heteroatoms. The molecular formula is C10H24ClN. The molecule has 1 nitrogen and oxygen atoms in total. The van der Waals surface area contributed by atoms with E-state index in [2.05, 4.69) is 25.7 Å². The lowest BCUT2D eigenvalue weighted by Gasteiger charge is -2.25. The third-order valence-corrected chi connectivity index (χ3v) is 2.16. The SMILES string of the molecule is CC.CCC(C)N(CC)CCCl. The molecule has 0 aromatic carbocycles. The average Bonchev–Trinajstić information content (AvgIpc) is 2.16. The summed E-state index contributed by atoms with van der Waals surface area (Å²) in [7, 11) is 0. The molecule has 0 spiro atoms. The van der Waals surface area contributed by atoms with E-state index >= 15 is 0 Å². The Kier molecular flexibility index (Phi) is 13.8. The lowest BCUT2D eigenvalue weighted by Crippen LogP contribution is -2.33. The van der Waals surface area contributed by atoms with Gasteiger partial charge in [-0.25, -0.2) is 0 Å². The molecule has 0 fully saturated rings. The van der Waals surface area contributed by atoms with Gasteiger partial charge in [0.05, 0.1) is 0 Å². The van der Waals surface area contributed by atoms with Crippen LogP contribution in [-0.2, 0) is 0 Å². The van der Waals surface area contributed by atoms with E-state index in [0.717, 1.165) is 19.0 Å². The largest absolute Gasteiger partial charge is 0.300 e. The number of alkyl halides is 1. The maximum Gasteiger partial charge on any atom is 0.0351 e. The lowest BCUT2D eigenvalue weighted by atomic mass is 10.2. The Morgan fingerprint density at radius 1 is 1.25 bits per heavy atom. The minimum Gasteiger partial charge on any atom is -0.300 e. The van der Waals surface area contributed by atoms with Crippen molar-refractivity contribution in [3.05, 3.63) is 0 Å². The third-order valence-electron chi connectivity index (χ3n) is 1.99. The Labute approximate surface area is 83.1 Å². The maximum absolute atomic E-state index is 5.63.